The van der Waals surface area contributed by atoms with E-state index in [0.717, 1.165) is 11.1 Å². The minimum atomic E-state index is -0.300. The number of imidazole rings is 1. The predicted molar refractivity (Wildman–Crippen MR) is 87.9 cm³/mol. The molecule has 3 nitrogen and oxygen atoms in total. The molecule has 1 unspecified atom stereocenters. The van der Waals surface area contributed by atoms with Gasteiger partial charge < -0.3 is 0 Å². The van der Waals surface area contributed by atoms with Gasteiger partial charge in [-0.2, -0.15) is 0 Å². The number of nitrogens with zero attached hydrogens (tertiary/aromatic N) is 3. The van der Waals surface area contributed by atoms with Gasteiger partial charge in [0.2, 0.25) is 0 Å². The van der Waals surface area contributed by atoms with Crippen LogP contribution in [0.5, 0.6) is 0 Å². The van der Waals surface area contributed by atoms with Crippen LogP contribution in [0.4, 0.5) is 0 Å². The lowest BCUT2D eigenvalue weighted by molar-refractivity contribution is 0.877. The normalized spacial score (nSPS) is 12.8. The number of aryl methyl sites for hydroxylation is 1. The Morgan fingerprint density at radius 2 is 1.81 bits per heavy atom. The first-order chi connectivity index (χ1) is 10.0. The quantitative estimate of drug-likeness (QED) is 0.590. The molecule has 0 radical (unpaired) electrons. The number of halogens is 3. The van der Waals surface area contributed by atoms with E-state index in [1.165, 1.54) is 0 Å². The lowest BCUT2D eigenvalue weighted by atomic mass is 10.2. The zero-order chi connectivity index (χ0) is 15.1. The van der Waals surface area contributed by atoms with Gasteiger partial charge in [-0.1, -0.05) is 29.3 Å². The number of rotatable bonds is 2. The molecule has 6 heteroatoms. The Morgan fingerprint density at radius 3 is 2.43 bits per heavy atom. The summed E-state index contributed by atoms with van der Waals surface area (Å²) < 4.78 is 1.84. The molecule has 0 aliphatic carbocycles. The highest BCUT2D eigenvalue weighted by Crippen LogP contribution is 2.35. The maximum Gasteiger partial charge on any atom is 0.165 e. The summed E-state index contributed by atoms with van der Waals surface area (Å²) in [5.74, 6) is 0.670. The molecular formula is C15H12Cl3N3. The monoisotopic (exact) mass is 339 g/mol. The first-order valence-corrected chi connectivity index (χ1v) is 7.62. The van der Waals surface area contributed by atoms with Crippen LogP contribution in [0.1, 0.15) is 23.7 Å². The minimum absolute atomic E-state index is 0.300. The molecule has 21 heavy (non-hydrogen) atoms. The summed E-state index contributed by atoms with van der Waals surface area (Å²) in [6.45, 7) is 3.84. The molecule has 108 valence electrons. The zero-order valence-electron chi connectivity index (χ0n) is 11.4. The average molecular weight is 341 g/mol. The summed E-state index contributed by atoms with van der Waals surface area (Å²) >= 11 is 19.0. The van der Waals surface area contributed by atoms with Crippen LogP contribution in [0.25, 0.3) is 16.9 Å². The van der Waals surface area contributed by atoms with Crippen molar-refractivity contribution in [2.75, 3.05) is 0 Å². The minimum Gasteiger partial charge on any atom is -0.276 e. The number of pyridine rings is 1. The molecule has 2 heterocycles. The van der Waals surface area contributed by atoms with Crippen molar-refractivity contribution >= 4 is 46.0 Å². The van der Waals surface area contributed by atoms with Crippen molar-refractivity contribution in [3.63, 3.8) is 0 Å². The first kappa shape index (κ1) is 14.6. The fourth-order valence-electron chi connectivity index (χ4n) is 2.30. The highest BCUT2D eigenvalue weighted by Gasteiger charge is 2.21. The van der Waals surface area contributed by atoms with Gasteiger partial charge in [0.05, 0.1) is 21.1 Å². The average Bonchev–Trinajstić information content (AvgIpc) is 2.80. The summed E-state index contributed by atoms with van der Waals surface area (Å²) in [5.41, 5.74) is 3.19. The molecule has 0 spiro atoms. The third-order valence-electron chi connectivity index (χ3n) is 3.29. The van der Waals surface area contributed by atoms with E-state index in [1.54, 1.807) is 24.4 Å². The van der Waals surface area contributed by atoms with Gasteiger partial charge in [0.15, 0.2) is 5.65 Å². The van der Waals surface area contributed by atoms with Crippen molar-refractivity contribution in [2.45, 2.75) is 19.2 Å². The highest BCUT2D eigenvalue weighted by atomic mass is 35.5. The standard InChI is InChI=1S/C15H12Cl3N3/c1-8-6-7-19-15-12(8)20-14(9(2)16)21(15)13-10(17)4-3-5-11(13)18/h3-7,9H,1-2H3. The Morgan fingerprint density at radius 1 is 1.14 bits per heavy atom. The van der Waals surface area contributed by atoms with Crippen molar-refractivity contribution in [1.82, 2.24) is 14.5 Å². The van der Waals surface area contributed by atoms with E-state index in [-0.39, 0.29) is 5.38 Å². The van der Waals surface area contributed by atoms with Crippen LogP contribution in [0.3, 0.4) is 0 Å². The highest BCUT2D eigenvalue weighted by molar-refractivity contribution is 6.37. The Kier molecular flexibility index (Phi) is 3.82. The molecule has 0 bridgehead atoms. The molecule has 0 aliphatic heterocycles. The van der Waals surface area contributed by atoms with Crippen molar-refractivity contribution < 1.29 is 0 Å². The van der Waals surface area contributed by atoms with Crippen molar-refractivity contribution in [3.8, 4) is 5.69 Å². The molecule has 1 aromatic carbocycles. The molecule has 3 rings (SSSR count). The molecular weight excluding hydrogens is 329 g/mol. The lowest BCUT2D eigenvalue weighted by Gasteiger charge is -2.13. The second-order valence-electron chi connectivity index (χ2n) is 4.79. The predicted octanol–water partition coefficient (Wildman–Crippen LogP) is 5.34. The van der Waals surface area contributed by atoms with Crippen LogP contribution in [-0.4, -0.2) is 14.5 Å². The molecule has 1 atom stereocenters. The number of aromatic nitrogens is 3. The van der Waals surface area contributed by atoms with Crippen LogP contribution in [-0.2, 0) is 0 Å². The van der Waals surface area contributed by atoms with Gasteiger partial charge in [-0.25, -0.2) is 9.97 Å². The molecule has 0 aliphatic rings. The van der Waals surface area contributed by atoms with Gasteiger partial charge >= 0.3 is 0 Å². The summed E-state index contributed by atoms with van der Waals surface area (Å²) in [5, 5.41) is 0.762. The summed E-state index contributed by atoms with van der Waals surface area (Å²) in [6.07, 6.45) is 1.74. The van der Waals surface area contributed by atoms with E-state index in [2.05, 4.69) is 9.97 Å². The fourth-order valence-corrected chi connectivity index (χ4v) is 3.01. The summed E-state index contributed by atoms with van der Waals surface area (Å²) in [4.78, 5) is 9.05. The maximum atomic E-state index is 6.33. The maximum absolute atomic E-state index is 6.33. The summed E-state index contributed by atoms with van der Waals surface area (Å²) in [6, 6.07) is 7.28. The Hall–Kier alpha value is -1.29. The largest absolute Gasteiger partial charge is 0.276 e. The van der Waals surface area contributed by atoms with Crippen LogP contribution in [0.2, 0.25) is 10.0 Å². The number of benzene rings is 1. The number of fused-ring (bicyclic) bond motifs is 1. The first-order valence-electron chi connectivity index (χ1n) is 6.43. The smallest absolute Gasteiger partial charge is 0.165 e. The van der Waals surface area contributed by atoms with Crippen molar-refractivity contribution in [3.05, 3.63) is 51.9 Å². The Labute approximate surface area is 137 Å². The second-order valence-corrected chi connectivity index (χ2v) is 6.26. The van der Waals surface area contributed by atoms with Crippen LogP contribution < -0.4 is 0 Å². The summed E-state index contributed by atoms with van der Waals surface area (Å²) in [7, 11) is 0. The molecule has 0 saturated heterocycles. The van der Waals surface area contributed by atoms with Gasteiger partial charge in [-0.05, 0) is 37.6 Å². The number of hydrogen-bond acceptors (Lipinski definition) is 2. The third-order valence-corrected chi connectivity index (χ3v) is 4.10. The van der Waals surface area contributed by atoms with Crippen LogP contribution >= 0.6 is 34.8 Å². The van der Waals surface area contributed by atoms with Gasteiger partial charge in [-0.3, -0.25) is 4.57 Å². The van der Waals surface area contributed by atoms with E-state index in [1.807, 2.05) is 24.5 Å². The van der Waals surface area contributed by atoms with Crippen LogP contribution in [0.15, 0.2) is 30.5 Å². The third kappa shape index (κ3) is 2.39. The van der Waals surface area contributed by atoms with E-state index in [9.17, 15) is 0 Å². The van der Waals surface area contributed by atoms with Gasteiger partial charge in [0.1, 0.15) is 11.3 Å². The molecule has 2 aromatic heterocycles. The number of para-hydroxylation sites is 1. The van der Waals surface area contributed by atoms with E-state index in [0.29, 0.717) is 27.2 Å². The van der Waals surface area contributed by atoms with E-state index < -0.39 is 0 Å². The topological polar surface area (TPSA) is 30.7 Å². The van der Waals surface area contributed by atoms with Gasteiger partial charge in [-0.15, -0.1) is 11.6 Å². The number of alkyl halides is 1. The van der Waals surface area contributed by atoms with E-state index >= 15 is 0 Å². The molecule has 0 N–H and O–H groups in total. The van der Waals surface area contributed by atoms with E-state index in [4.69, 9.17) is 34.8 Å². The Balaban J connectivity index is 2.46. The van der Waals surface area contributed by atoms with Crippen LogP contribution in [0, 0.1) is 6.92 Å². The Bertz CT molecular complexity index is 804. The lowest BCUT2D eigenvalue weighted by Crippen LogP contribution is -2.04. The SMILES string of the molecule is Cc1ccnc2c1nc(C(C)Cl)n2-c1c(Cl)cccc1Cl. The molecule has 0 fully saturated rings. The fraction of sp³-hybridized carbons (Fsp3) is 0.200. The van der Waals surface area contributed by atoms with Crippen molar-refractivity contribution in [2.24, 2.45) is 0 Å². The molecule has 0 saturated carbocycles. The van der Waals surface area contributed by atoms with Gasteiger partial charge in [0, 0.05) is 6.20 Å². The molecule has 3 aromatic rings. The number of hydrogen-bond donors (Lipinski definition) is 0. The second kappa shape index (κ2) is 5.48. The molecule has 0 amide bonds. The zero-order valence-corrected chi connectivity index (χ0v) is 13.7. The van der Waals surface area contributed by atoms with Gasteiger partial charge in [0.25, 0.3) is 0 Å². The van der Waals surface area contributed by atoms with Crippen molar-refractivity contribution in [1.29, 1.82) is 0 Å².